The van der Waals surface area contributed by atoms with Crippen molar-refractivity contribution in [3.8, 4) is 0 Å². The predicted molar refractivity (Wildman–Crippen MR) is 101 cm³/mol. The number of nitrogens with one attached hydrogen (secondary N) is 3. The Hall–Kier alpha value is -1.97. The van der Waals surface area contributed by atoms with E-state index in [9.17, 15) is 9.59 Å². The third-order valence-corrected chi connectivity index (χ3v) is 5.31. The third-order valence-electron chi connectivity index (χ3n) is 3.05. The fourth-order valence-corrected chi connectivity index (χ4v) is 3.74. The number of methoxy groups -OCH3 is 1. The van der Waals surface area contributed by atoms with Gasteiger partial charge in [0, 0.05) is 15.1 Å². The van der Waals surface area contributed by atoms with E-state index in [1.54, 1.807) is 17.5 Å². The van der Waals surface area contributed by atoms with Crippen LogP contribution in [0.2, 0.25) is 0 Å². The van der Waals surface area contributed by atoms with E-state index in [0.717, 1.165) is 16.2 Å². The number of ether oxygens (including phenoxy) is 1. The maximum Gasteiger partial charge on any atom is 0.340 e. The van der Waals surface area contributed by atoms with E-state index in [2.05, 4.69) is 16.2 Å². The zero-order valence-electron chi connectivity index (χ0n) is 13.4. The van der Waals surface area contributed by atoms with E-state index in [1.807, 2.05) is 13.8 Å². The summed E-state index contributed by atoms with van der Waals surface area (Å²) >= 11 is 8.07. The van der Waals surface area contributed by atoms with Crippen molar-refractivity contribution in [2.75, 3.05) is 12.4 Å². The second-order valence-corrected chi connectivity index (χ2v) is 7.44. The summed E-state index contributed by atoms with van der Waals surface area (Å²) in [5.41, 5.74) is 6.13. The highest BCUT2D eigenvalue weighted by atomic mass is 32.1. The van der Waals surface area contributed by atoms with Gasteiger partial charge in [-0.2, -0.15) is 0 Å². The van der Waals surface area contributed by atoms with Gasteiger partial charge in [0.1, 0.15) is 5.00 Å². The number of hydrogen-bond acceptors (Lipinski definition) is 6. The molecule has 2 aromatic heterocycles. The number of aryl methyl sites for hydroxylation is 2. The van der Waals surface area contributed by atoms with Crippen LogP contribution in [0.25, 0.3) is 0 Å². The fourth-order valence-electron chi connectivity index (χ4n) is 1.85. The zero-order valence-corrected chi connectivity index (χ0v) is 15.8. The van der Waals surface area contributed by atoms with Crippen molar-refractivity contribution in [2.45, 2.75) is 20.3 Å². The van der Waals surface area contributed by atoms with Gasteiger partial charge in [-0.3, -0.25) is 15.6 Å². The van der Waals surface area contributed by atoms with E-state index < -0.39 is 5.97 Å². The molecule has 0 radical (unpaired) electrons. The maximum atomic E-state index is 12.0. The van der Waals surface area contributed by atoms with Crippen molar-refractivity contribution in [2.24, 2.45) is 0 Å². The summed E-state index contributed by atoms with van der Waals surface area (Å²) in [5.74, 6) is -0.717. The van der Waals surface area contributed by atoms with Crippen molar-refractivity contribution < 1.29 is 14.3 Å². The topological polar surface area (TPSA) is 79.5 Å². The molecule has 0 saturated heterocycles. The van der Waals surface area contributed by atoms with Crippen LogP contribution >= 0.6 is 34.9 Å². The third kappa shape index (κ3) is 4.53. The number of esters is 1. The molecule has 3 N–H and O–H groups in total. The second-order valence-electron chi connectivity index (χ2n) is 4.78. The van der Waals surface area contributed by atoms with Crippen molar-refractivity contribution >= 4 is 56.9 Å². The number of carbonyl (C=O) groups is 2. The Bertz CT molecular complexity index is 767. The molecule has 0 aliphatic heterocycles. The average molecular weight is 384 g/mol. The number of thiophene rings is 2. The van der Waals surface area contributed by atoms with Gasteiger partial charge in [-0.05, 0) is 37.7 Å². The SMILES string of the molecule is CCc1cc(C(=O)OC)c(NC(=S)NNC(=O)c2csc(C)c2)s1. The molecule has 0 spiro atoms. The van der Waals surface area contributed by atoms with E-state index in [-0.39, 0.29) is 11.0 Å². The Morgan fingerprint density at radius 2 is 2.04 bits per heavy atom. The number of rotatable bonds is 4. The van der Waals surface area contributed by atoms with Crippen molar-refractivity contribution in [1.29, 1.82) is 0 Å². The van der Waals surface area contributed by atoms with Crippen LogP contribution in [0.1, 0.15) is 37.4 Å². The lowest BCUT2D eigenvalue weighted by molar-refractivity contribution is 0.0602. The molecule has 2 rings (SSSR count). The van der Waals surface area contributed by atoms with Crippen molar-refractivity contribution in [3.63, 3.8) is 0 Å². The van der Waals surface area contributed by atoms with Gasteiger partial charge in [0.25, 0.3) is 5.91 Å². The van der Waals surface area contributed by atoms with E-state index in [4.69, 9.17) is 17.0 Å². The van der Waals surface area contributed by atoms with Gasteiger partial charge < -0.3 is 10.1 Å². The summed E-state index contributed by atoms with van der Waals surface area (Å²) in [4.78, 5) is 25.8. The standard InChI is InChI=1S/C15H17N3O3S3/c1-4-10-6-11(14(20)21-3)13(24-10)16-15(22)18-17-12(19)9-5-8(2)23-7-9/h5-7H,4H2,1-3H3,(H,17,19)(H2,16,18,22). The van der Waals surface area contributed by atoms with Crippen molar-refractivity contribution in [1.82, 2.24) is 10.9 Å². The van der Waals surface area contributed by atoms with Gasteiger partial charge in [0.2, 0.25) is 0 Å². The molecule has 0 bridgehead atoms. The molecular weight excluding hydrogens is 366 g/mol. The van der Waals surface area contributed by atoms with E-state index >= 15 is 0 Å². The minimum atomic E-state index is -0.436. The first-order valence-corrected chi connectivity index (χ1v) is 9.18. The summed E-state index contributed by atoms with van der Waals surface area (Å²) in [6, 6.07) is 3.56. The van der Waals surface area contributed by atoms with Gasteiger partial charge in [-0.1, -0.05) is 6.92 Å². The van der Waals surface area contributed by atoms with Crippen LogP contribution in [0.4, 0.5) is 5.00 Å². The smallest absolute Gasteiger partial charge is 0.340 e. The first kappa shape index (κ1) is 18.4. The van der Waals surface area contributed by atoms with Crippen LogP contribution in [0, 0.1) is 6.92 Å². The average Bonchev–Trinajstić information content (AvgIpc) is 3.18. The van der Waals surface area contributed by atoms with Crippen LogP contribution in [-0.4, -0.2) is 24.1 Å². The number of hydrazine groups is 1. The van der Waals surface area contributed by atoms with Gasteiger partial charge >= 0.3 is 5.97 Å². The molecule has 9 heteroatoms. The Morgan fingerprint density at radius 3 is 2.62 bits per heavy atom. The normalized spacial score (nSPS) is 10.1. The molecule has 0 aromatic carbocycles. The van der Waals surface area contributed by atoms with Gasteiger partial charge in [-0.25, -0.2) is 4.79 Å². The summed E-state index contributed by atoms with van der Waals surface area (Å²) in [5, 5.41) is 5.45. The molecule has 1 amide bonds. The molecule has 0 aliphatic carbocycles. The highest BCUT2D eigenvalue weighted by Gasteiger charge is 2.17. The summed E-state index contributed by atoms with van der Waals surface area (Å²) in [7, 11) is 1.33. The first-order chi connectivity index (χ1) is 11.4. The summed E-state index contributed by atoms with van der Waals surface area (Å²) < 4.78 is 4.77. The Balaban J connectivity index is 1.98. The Kier molecular flexibility index (Phi) is 6.29. The van der Waals surface area contributed by atoms with Crippen LogP contribution in [0.3, 0.4) is 0 Å². The number of hydrogen-bond donors (Lipinski definition) is 3. The molecule has 2 aromatic rings. The predicted octanol–water partition coefficient (Wildman–Crippen LogP) is 3.10. The molecule has 0 atom stereocenters. The molecule has 0 unspecified atom stereocenters. The van der Waals surface area contributed by atoms with E-state index in [1.165, 1.54) is 29.8 Å². The Labute approximate surface area is 153 Å². The lowest BCUT2D eigenvalue weighted by Gasteiger charge is -2.11. The van der Waals surface area contributed by atoms with Crippen LogP contribution in [0.5, 0.6) is 0 Å². The molecule has 24 heavy (non-hydrogen) atoms. The number of carbonyl (C=O) groups excluding carboxylic acids is 2. The number of anilines is 1. The second kappa shape index (κ2) is 8.22. The number of amides is 1. The largest absolute Gasteiger partial charge is 0.465 e. The van der Waals surface area contributed by atoms with Crippen molar-refractivity contribution in [3.05, 3.63) is 38.4 Å². The molecule has 128 valence electrons. The monoisotopic (exact) mass is 383 g/mol. The van der Waals surface area contributed by atoms with Crippen LogP contribution in [0.15, 0.2) is 17.5 Å². The molecule has 2 heterocycles. The van der Waals surface area contributed by atoms with Crippen LogP contribution in [-0.2, 0) is 11.2 Å². The van der Waals surface area contributed by atoms with Crippen LogP contribution < -0.4 is 16.2 Å². The number of thiocarbonyl (C=S) groups is 1. The van der Waals surface area contributed by atoms with E-state index in [0.29, 0.717) is 16.1 Å². The molecular formula is C15H17N3O3S3. The molecule has 0 aliphatic rings. The first-order valence-electron chi connectivity index (χ1n) is 7.08. The summed E-state index contributed by atoms with van der Waals surface area (Å²) in [6.07, 6.45) is 0.796. The zero-order chi connectivity index (χ0) is 17.7. The summed E-state index contributed by atoms with van der Waals surface area (Å²) in [6.45, 7) is 3.92. The lowest BCUT2D eigenvalue weighted by atomic mass is 10.2. The minimum Gasteiger partial charge on any atom is -0.465 e. The van der Waals surface area contributed by atoms with Gasteiger partial charge in [0.05, 0.1) is 18.2 Å². The molecule has 0 fully saturated rings. The maximum absolute atomic E-state index is 12.0. The quantitative estimate of drug-likeness (QED) is 0.428. The highest BCUT2D eigenvalue weighted by Crippen LogP contribution is 2.29. The highest BCUT2D eigenvalue weighted by molar-refractivity contribution is 7.80. The Morgan fingerprint density at radius 1 is 1.29 bits per heavy atom. The molecule has 6 nitrogen and oxygen atoms in total. The van der Waals surface area contributed by atoms with Gasteiger partial charge in [0.15, 0.2) is 5.11 Å². The lowest BCUT2D eigenvalue weighted by Crippen LogP contribution is -2.43. The van der Waals surface area contributed by atoms with Gasteiger partial charge in [-0.15, -0.1) is 22.7 Å². The fraction of sp³-hybridized carbons (Fsp3) is 0.267. The minimum absolute atomic E-state index is 0.185. The molecule has 0 saturated carbocycles.